The van der Waals surface area contributed by atoms with Crippen LogP contribution in [0.4, 0.5) is 5.69 Å². The van der Waals surface area contributed by atoms with E-state index in [1.807, 2.05) is 49.4 Å². The molecule has 6 unspecified atom stereocenters. The number of nitrogens with zero attached hydrogens (tertiary/aromatic N) is 3. The number of carbonyl (C=O) groups is 1. The summed E-state index contributed by atoms with van der Waals surface area (Å²) in [5, 5.41) is 38.0. The minimum absolute atomic E-state index is 0.0344. The topological polar surface area (TPSA) is 153 Å². The van der Waals surface area contributed by atoms with Crippen LogP contribution in [0, 0.1) is 27.9 Å². The second-order valence-corrected chi connectivity index (χ2v) is 16.3. The van der Waals surface area contributed by atoms with E-state index in [0.29, 0.717) is 54.3 Å². The van der Waals surface area contributed by atoms with Crippen LogP contribution in [0.25, 0.3) is 16.8 Å². The molecule has 62 heavy (non-hydrogen) atoms. The van der Waals surface area contributed by atoms with Gasteiger partial charge in [0.25, 0.3) is 5.69 Å². The first-order chi connectivity index (χ1) is 30.2. The molecule has 6 atom stereocenters. The smallest absolute Gasteiger partial charge is 0.269 e. The molecule has 4 aromatic carbocycles. The number of aliphatic hydroxyl groups excluding tert-OH is 2. The van der Waals surface area contributed by atoms with Crippen LogP contribution in [0.1, 0.15) is 75.3 Å². The van der Waals surface area contributed by atoms with Gasteiger partial charge in [0, 0.05) is 55.9 Å². The van der Waals surface area contributed by atoms with Gasteiger partial charge >= 0.3 is 0 Å². The van der Waals surface area contributed by atoms with Gasteiger partial charge in [-0.05, 0) is 114 Å². The number of unbranched alkanes of at least 4 members (excludes halogenated alkanes) is 2. The quantitative estimate of drug-likeness (QED) is 0.0291. The van der Waals surface area contributed by atoms with Gasteiger partial charge in [-0.2, -0.15) is 0 Å². The highest BCUT2D eigenvalue weighted by Crippen LogP contribution is 2.62. The van der Waals surface area contributed by atoms with E-state index in [-0.39, 0.29) is 55.6 Å². The Morgan fingerprint density at radius 2 is 1.71 bits per heavy atom. The van der Waals surface area contributed by atoms with Crippen LogP contribution in [-0.2, 0) is 14.4 Å². The third kappa shape index (κ3) is 9.33. The predicted molar refractivity (Wildman–Crippen MR) is 240 cm³/mol. The average molecular weight is 844 g/mol. The summed E-state index contributed by atoms with van der Waals surface area (Å²) in [6.07, 6.45) is 12.7. The third-order valence-corrected chi connectivity index (χ3v) is 12.4. The fraction of sp³-hybridized carbons (Fsp3) is 0.400. The Bertz CT molecular complexity index is 2310. The zero-order chi connectivity index (χ0) is 43.6. The van der Waals surface area contributed by atoms with Gasteiger partial charge in [-0.3, -0.25) is 14.9 Å². The molecule has 1 saturated carbocycles. The molecule has 1 fully saturated rings. The number of benzene rings is 4. The number of nitro benzene ring substituents is 1. The first kappa shape index (κ1) is 44.2. The third-order valence-electron chi connectivity index (χ3n) is 12.4. The van der Waals surface area contributed by atoms with Crippen molar-refractivity contribution in [3.8, 4) is 17.2 Å². The lowest BCUT2D eigenvalue weighted by Gasteiger charge is -2.60. The summed E-state index contributed by atoms with van der Waals surface area (Å²) in [5.41, 5.74) is 3.22. The maximum Gasteiger partial charge on any atom is 0.269 e. The number of aliphatic hydroxyl groups is 2. The molecule has 1 heterocycles. The number of rotatable bonds is 20. The molecule has 12 nitrogen and oxygen atoms in total. The molecule has 0 bridgehead atoms. The minimum atomic E-state index is -1.40. The van der Waals surface area contributed by atoms with Gasteiger partial charge in [0.1, 0.15) is 30.4 Å². The molecule has 4 aromatic rings. The van der Waals surface area contributed by atoms with Crippen molar-refractivity contribution in [3.63, 3.8) is 0 Å². The van der Waals surface area contributed by atoms with Crippen molar-refractivity contribution in [2.75, 3.05) is 33.5 Å². The van der Waals surface area contributed by atoms with Gasteiger partial charge in [0.2, 0.25) is 11.7 Å². The lowest BCUT2D eigenvalue weighted by Crippen LogP contribution is -2.70. The first-order valence-electron chi connectivity index (χ1n) is 21.8. The summed E-state index contributed by atoms with van der Waals surface area (Å²) in [4.78, 5) is 32.8. The molecule has 0 saturated heterocycles. The Morgan fingerprint density at radius 1 is 0.984 bits per heavy atom. The molecule has 2 N–H and O–H groups in total. The lowest BCUT2D eigenvalue weighted by molar-refractivity contribution is -0.384. The predicted octanol–water partition coefficient (Wildman–Crippen LogP) is 9.76. The van der Waals surface area contributed by atoms with E-state index in [1.165, 1.54) is 25.3 Å². The van der Waals surface area contributed by atoms with Gasteiger partial charge in [0.15, 0.2) is 0 Å². The number of allylic oxidation sites excluding steroid dienone is 1. The maximum atomic E-state index is 14.6. The standard InChI is InChI=1S/C50H57N3O9/c1-4-26-52(47(56)25-18-34-16-20-38(21-17-34)53(57)58)46-33-44(51-59-3)42-31-37(14-8-10-27-54)41(15-9-11-28-55)48-43-32-40(61-39-22-19-35-12-6-7-13-36(35)30-39)23-24-45(43)62-50(46,49(42)48)60-29-5-2/h5-7,12-13,16-25,30-32,37,41,46,48-49,54-55H,2,4,8-11,14-15,26-29,33H2,1,3H3. The van der Waals surface area contributed by atoms with Crippen LogP contribution in [0.15, 0.2) is 120 Å². The largest absolute Gasteiger partial charge is 0.459 e. The Labute approximate surface area is 363 Å². The number of amides is 1. The molecule has 0 aromatic heterocycles. The minimum Gasteiger partial charge on any atom is -0.459 e. The first-order valence-corrected chi connectivity index (χ1v) is 21.8. The lowest BCUT2D eigenvalue weighted by atomic mass is 9.55. The van der Waals surface area contributed by atoms with Crippen molar-refractivity contribution in [1.82, 2.24) is 4.90 Å². The van der Waals surface area contributed by atoms with Crippen LogP contribution in [0.5, 0.6) is 17.2 Å². The number of ether oxygens (including phenoxy) is 3. The number of nitro groups is 1. The highest BCUT2D eigenvalue weighted by Gasteiger charge is 2.65. The molecule has 7 rings (SSSR count). The van der Waals surface area contributed by atoms with Gasteiger partial charge in [-0.25, -0.2) is 0 Å². The molecule has 0 radical (unpaired) electrons. The second kappa shape index (κ2) is 20.4. The van der Waals surface area contributed by atoms with E-state index in [2.05, 4.69) is 36.0 Å². The van der Waals surface area contributed by atoms with Crippen molar-refractivity contribution >= 4 is 34.2 Å². The number of hydrogen-bond acceptors (Lipinski definition) is 10. The van der Waals surface area contributed by atoms with E-state index in [9.17, 15) is 25.1 Å². The summed E-state index contributed by atoms with van der Waals surface area (Å²) in [6.45, 7) is 6.74. The molecular weight excluding hydrogens is 787 g/mol. The maximum absolute atomic E-state index is 14.6. The molecule has 1 aliphatic heterocycles. The van der Waals surface area contributed by atoms with Gasteiger partial charge < -0.3 is 34.2 Å². The van der Waals surface area contributed by atoms with E-state index in [4.69, 9.17) is 19.0 Å². The normalized spacial score (nSPS) is 23.3. The van der Waals surface area contributed by atoms with E-state index < -0.39 is 22.7 Å². The Hall–Kier alpha value is -5.82. The Balaban J connectivity index is 1.39. The number of fused-ring (bicyclic) bond motifs is 3. The average Bonchev–Trinajstić information content (AvgIpc) is 3.28. The number of non-ortho nitro benzene ring substituents is 1. The zero-order valence-corrected chi connectivity index (χ0v) is 35.6. The highest BCUT2D eigenvalue weighted by molar-refractivity contribution is 6.03. The second-order valence-electron chi connectivity index (χ2n) is 16.3. The van der Waals surface area contributed by atoms with E-state index in [0.717, 1.165) is 47.6 Å². The number of hydrogen-bond donors (Lipinski definition) is 2. The molecule has 1 amide bonds. The summed E-state index contributed by atoms with van der Waals surface area (Å²) in [7, 11) is 1.53. The summed E-state index contributed by atoms with van der Waals surface area (Å²) >= 11 is 0. The number of oxime groups is 1. The summed E-state index contributed by atoms with van der Waals surface area (Å²) < 4.78 is 21.0. The van der Waals surface area contributed by atoms with Gasteiger partial charge in [-0.1, -0.05) is 67.4 Å². The highest BCUT2D eigenvalue weighted by atomic mass is 16.7. The fourth-order valence-electron chi connectivity index (χ4n) is 9.82. The van der Waals surface area contributed by atoms with Crippen molar-refractivity contribution in [1.29, 1.82) is 0 Å². The SMILES string of the molecule is C=CCOC12Oc3ccc(Oc4ccc5ccccc5c4)cc3C3C(CCCCO)C(CCCCO)C=C(C(=NOC)CC1N(CCC)C(=O)C=Cc1ccc([N+](=O)[O-])cc1)C32. The molecule has 2 aliphatic carbocycles. The summed E-state index contributed by atoms with van der Waals surface area (Å²) in [5.74, 6) is -0.213. The van der Waals surface area contributed by atoms with Gasteiger partial charge in [0.05, 0.1) is 23.2 Å². The Kier molecular flexibility index (Phi) is 14.5. The fourth-order valence-corrected chi connectivity index (χ4v) is 9.82. The molecular formula is C50H57N3O9. The van der Waals surface area contributed by atoms with E-state index >= 15 is 0 Å². The molecule has 326 valence electrons. The number of carbonyl (C=O) groups excluding carboxylic acids is 1. The zero-order valence-electron chi connectivity index (χ0n) is 35.6. The van der Waals surface area contributed by atoms with Crippen molar-refractivity contribution in [2.24, 2.45) is 22.9 Å². The van der Waals surface area contributed by atoms with Crippen LogP contribution in [-0.4, -0.2) is 77.0 Å². The summed E-state index contributed by atoms with van der Waals surface area (Å²) in [6, 6.07) is 25.5. The van der Waals surface area contributed by atoms with Gasteiger partial charge in [-0.15, -0.1) is 6.58 Å². The van der Waals surface area contributed by atoms with Crippen LogP contribution >= 0.6 is 0 Å². The van der Waals surface area contributed by atoms with Crippen molar-refractivity contribution < 1.29 is 39.0 Å². The van der Waals surface area contributed by atoms with Crippen LogP contribution in [0.3, 0.4) is 0 Å². The van der Waals surface area contributed by atoms with Crippen molar-refractivity contribution in [2.45, 2.75) is 76.0 Å². The Morgan fingerprint density at radius 3 is 2.42 bits per heavy atom. The van der Waals surface area contributed by atoms with Crippen LogP contribution in [0.2, 0.25) is 0 Å². The molecule has 12 heteroatoms. The van der Waals surface area contributed by atoms with Crippen LogP contribution < -0.4 is 9.47 Å². The van der Waals surface area contributed by atoms with Crippen molar-refractivity contribution in [3.05, 3.63) is 137 Å². The monoisotopic (exact) mass is 843 g/mol. The molecule has 3 aliphatic rings. The van der Waals surface area contributed by atoms with E-state index in [1.54, 1.807) is 29.2 Å². The molecule has 0 spiro atoms.